The van der Waals surface area contributed by atoms with E-state index < -0.39 is 0 Å². The standard InChI is InChI=1S/C23H23N3O2.ClH/c1-15-20(21(25-28-15)16-8-4-2-5-9-16)23(27)26-14-18-12-24-13-19(18)22(26)17-10-6-3-7-11-17;/h2-11,18-19,22,24H,12-14H2,1H3;1H/t18-,19-,22+;/m0./s1. The van der Waals surface area contributed by atoms with Gasteiger partial charge in [0, 0.05) is 31.1 Å². The maximum Gasteiger partial charge on any atom is 0.260 e. The SMILES string of the molecule is Cc1onc(-c2ccccc2)c1C(=O)N1C[C@@H]2CNC[C@@H]2[C@H]1c1ccccc1.Cl. The highest BCUT2D eigenvalue weighted by molar-refractivity contribution is 6.01. The quantitative estimate of drug-likeness (QED) is 0.707. The Bertz CT molecular complexity index is 990. The fourth-order valence-electron chi connectivity index (χ4n) is 4.77. The summed E-state index contributed by atoms with van der Waals surface area (Å²) in [7, 11) is 0. The number of halogens is 1. The molecule has 2 aliphatic heterocycles. The molecule has 5 nitrogen and oxygen atoms in total. The van der Waals surface area contributed by atoms with Crippen molar-refractivity contribution in [1.29, 1.82) is 0 Å². The first-order valence-electron chi connectivity index (χ1n) is 9.82. The van der Waals surface area contributed by atoms with Crippen molar-refractivity contribution >= 4 is 18.3 Å². The molecule has 0 unspecified atom stereocenters. The number of fused-ring (bicyclic) bond motifs is 1. The molecule has 5 rings (SSSR count). The minimum atomic E-state index is 0. The van der Waals surface area contributed by atoms with Gasteiger partial charge in [0.1, 0.15) is 17.0 Å². The van der Waals surface area contributed by atoms with E-state index >= 15 is 0 Å². The molecule has 150 valence electrons. The summed E-state index contributed by atoms with van der Waals surface area (Å²) >= 11 is 0. The van der Waals surface area contributed by atoms with Crippen molar-refractivity contribution in [2.75, 3.05) is 19.6 Å². The van der Waals surface area contributed by atoms with Gasteiger partial charge < -0.3 is 14.7 Å². The van der Waals surface area contributed by atoms with Crippen LogP contribution in [-0.4, -0.2) is 35.6 Å². The summed E-state index contributed by atoms with van der Waals surface area (Å²) in [6.07, 6.45) is 0. The third kappa shape index (κ3) is 3.34. The average molecular weight is 410 g/mol. The molecule has 2 fully saturated rings. The van der Waals surface area contributed by atoms with Crippen molar-refractivity contribution < 1.29 is 9.32 Å². The van der Waals surface area contributed by atoms with Gasteiger partial charge in [0.15, 0.2) is 0 Å². The van der Waals surface area contributed by atoms with E-state index in [-0.39, 0.29) is 24.4 Å². The second-order valence-electron chi connectivity index (χ2n) is 7.72. The van der Waals surface area contributed by atoms with Gasteiger partial charge in [-0.25, -0.2) is 0 Å². The largest absolute Gasteiger partial charge is 0.360 e. The third-order valence-electron chi connectivity index (χ3n) is 6.09. The van der Waals surface area contributed by atoms with E-state index in [2.05, 4.69) is 22.6 Å². The van der Waals surface area contributed by atoms with Gasteiger partial charge >= 0.3 is 0 Å². The molecule has 3 heterocycles. The molecule has 2 aliphatic rings. The first-order chi connectivity index (χ1) is 13.7. The van der Waals surface area contributed by atoms with Crippen LogP contribution in [0.1, 0.15) is 27.7 Å². The van der Waals surface area contributed by atoms with E-state index in [1.165, 1.54) is 5.56 Å². The molecule has 2 aromatic carbocycles. The fourth-order valence-corrected chi connectivity index (χ4v) is 4.77. The van der Waals surface area contributed by atoms with Crippen LogP contribution < -0.4 is 5.32 Å². The van der Waals surface area contributed by atoms with Crippen molar-refractivity contribution in [2.45, 2.75) is 13.0 Å². The van der Waals surface area contributed by atoms with Crippen LogP contribution in [-0.2, 0) is 0 Å². The molecule has 1 aromatic heterocycles. The smallest absolute Gasteiger partial charge is 0.260 e. The zero-order valence-corrected chi connectivity index (χ0v) is 17.1. The normalized spacial score (nSPS) is 22.9. The fraction of sp³-hybridized carbons (Fsp3) is 0.304. The van der Waals surface area contributed by atoms with Crippen LogP contribution >= 0.6 is 12.4 Å². The Morgan fingerprint density at radius 3 is 2.48 bits per heavy atom. The number of carbonyl (C=O) groups excluding carboxylic acids is 1. The van der Waals surface area contributed by atoms with Gasteiger partial charge in [0.25, 0.3) is 5.91 Å². The first kappa shape index (κ1) is 19.7. The topological polar surface area (TPSA) is 58.4 Å². The number of likely N-dealkylation sites (tertiary alicyclic amines) is 1. The number of benzene rings is 2. The zero-order valence-electron chi connectivity index (χ0n) is 16.2. The number of hydrogen-bond acceptors (Lipinski definition) is 4. The molecule has 29 heavy (non-hydrogen) atoms. The van der Waals surface area contributed by atoms with Gasteiger partial charge in [-0.1, -0.05) is 65.8 Å². The van der Waals surface area contributed by atoms with Crippen molar-refractivity contribution in [1.82, 2.24) is 15.4 Å². The summed E-state index contributed by atoms with van der Waals surface area (Å²) in [5.74, 6) is 1.51. The van der Waals surface area contributed by atoms with E-state index in [0.717, 1.165) is 25.2 Å². The van der Waals surface area contributed by atoms with Crippen LogP contribution in [0.25, 0.3) is 11.3 Å². The monoisotopic (exact) mass is 409 g/mol. The lowest BCUT2D eigenvalue weighted by Gasteiger charge is -2.28. The minimum absolute atomic E-state index is 0. The highest BCUT2D eigenvalue weighted by Gasteiger charge is 2.47. The number of nitrogens with one attached hydrogen (secondary N) is 1. The zero-order chi connectivity index (χ0) is 19.1. The van der Waals surface area contributed by atoms with Gasteiger partial charge in [0.05, 0.1) is 6.04 Å². The number of nitrogens with zero attached hydrogens (tertiary/aromatic N) is 2. The Kier molecular flexibility index (Phi) is 5.43. The molecule has 1 N–H and O–H groups in total. The van der Waals surface area contributed by atoms with Crippen LogP contribution in [0.2, 0.25) is 0 Å². The molecule has 3 aromatic rings. The van der Waals surface area contributed by atoms with E-state index in [9.17, 15) is 4.79 Å². The Morgan fingerprint density at radius 1 is 1.07 bits per heavy atom. The number of rotatable bonds is 3. The Balaban J connectivity index is 0.00000205. The van der Waals surface area contributed by atoms with E-state index in [1.807, 2.05) is 60.4 Å². The van der Waals surface area contributed by atoms with Crippen LogP contribution in [0.5, 0.6) is 0 Å². The van der Waals surface area contributed by atoms with Crippen molar-refractivity contribution in [3.05, 3.63) is 77.6 Å². The average Bonchev–Trinajstić information content (AvgIpc) is 3.43. The Morgan fingerprint density at radius 2 is 1.76 bits per heavy atom. The lowest BCUT2D eigenvalue weighted by atomic mass is 9.89. The van der Waals surface area contributed by atoms with E-state index in [0.29, 0.717) is 28.9 Å². The third-order valence-corrected chi connectivity index (χ3v) is 6.09. The predicted octanol–water partition coefficient (Wildman–Crippen LogP) is 4.10. The summed E-state index contributed by atoms with van der Waals surface area (Å²) in [4.78, 5) is 15.8. The number of carbonyl (C=O) groups is 1. The summed E-state index contributed by atoms with van der Waals surface area (Å²) in [5.41, 5.74) is 3.31. The maximum atomic E-state index is 13.7. The molecular formula is C23H24ClN3O2. The van der Waals surface area contributed by atoms with Crippen molar-refractivity contribution in [3.8, 4) is 11.3 Å². The Labute approximate surface area is 176 Å². The molecule has 0 saturated carbocycles. The highest BCUT2D eigenvalue weighted by Crippen LogP contribution is 2.44. The van der Waals surface area contributed by atoms with Gasteiger partial charge in [0.2, 0.25) is 0 Å². The summed E-state index contributed by atoms with van der Waals surface area (Å²) in [6.45, 7) is 4.49. The van der Waals surface area contributed by atoms with Crippen LogP contribution in [0.3, 0.4) is 0 Å². The van der Waals surface area contributed by atoms with Crippen LogP contribution in [0, 0.1) is 18.8 Å². The highest BCUT2D eigenvalue weighted by atomic mass is 35.5. The lowest BCUT2D eigenvalue weighted by molar-refractivity contribution is 0.0713. The molecule has 2 saturated heterocycles. The number of aryl methyl sites for hydroxylation is 1. The van der Waals surface area contributed by atoms with Crippen molar-refractivity contribution in [3.63, 3.8) is 0 Å². The summed E-state index contributed by atoms with van der Waals surface area (Å²) < 4.78 is 5.46. The van der Waals surface area contributed by atoms with Crippen LogP contribution in [0.15, 0.2) is 65.2 Å². The number of hydrogen-bond donors (Lipinski definition) is 1. The molecule has 0 radical (unpaired) electrons. The molecular weight excluding hydrogens is 386 g/mol. The van der Waals surface area contributed by atoms with Gasteiger partial charge in [-0.2, -0.15) is 0 Å². The first-order valence-corrected chi connectivity index (χ1v) is 9.82. The maximum absolute atomic E-state index is 13.7. The predicted molar refractivity (Wildman–Crippen MR) is 114 cm³/mol. The lowest BCUT2D eigenvalue weighted by Crippen LogP contribution is -2.35. The number of amides is 1. The van der Waals surface area contributed by atoms with Gasteiger partial charge in [-0.15, -0.1) is 12.4 Å². The summed E-state index contributed by atoms with van der Waals surface area (Å²) in [5, 5.41) is 7.71. The molecule has 3 atom stereocenters. The van der Waals surface area contributed by atoms with Gasteiger partial charge in [-0.05, 0) is 18.4 Å². The summed E-state index contributed by atoms with van der Waals surface area (Å²) in [6, 6.07) is 20.2. The second kappa shape index (κ2) is 8.01. The minimum Gasteiger partial charge on any atom is -0.360 e. The molecule has 0 bridgehead atoms. The van der Waals surface area contributed by atoms with E-state index in [1.54, 1.807) is 0 Å². The molecule has 1 amide bonds. The van der Waals surface area contributed by atoms with E-state index in [4.69, 9.17) is 4.52 Å². The Hall–Kier alpha value is -2.63. The molecule has 0 aliphatic carbocycles. The van der Waals surface area contributed by atoms with Gasteiger partial charge in [-0.3, -0.25) is 4.79 Å². The molecule has 6 heteroatoms. The molecule has 0 spiro atoms. The van der Waals surface area contributed by atoms with Crippen molar-refractivity contribution in [2.24, 2.45) is 11.8 Å². The second-order valence-corrected chi connectivity index (χ2v) is 7.72. The number of aromatic nitrogens is 1. The van der Waals surface area contributed by atoms with Crippen LogP contribution in [0.4, 0.5) is 0 Å².